The molecule has 0 heterocycles. The number of hydrogen-bond donors (Lipinski definition) is 1. The molecule has 0 aliphatic rings. The minimum absolute atomic E-state index is 0.0139. The minimum Gasteiger partial charge on any atom is -0.324 e. The number of nitro benzene ring substituents is 1. The number of benzene rings is 3. The van der Waals surface area contributed by atoms with Crippen LogP contribution in [0.4, 0.5) is 11.4 Å². The van der Waals surface area contributed by atoms with Crippen molar-refractivity contribution in [3.05, 3.63) is 98.0 Å². The highest BCUT2D eigenvalue weighted by Gasteiger charge is 2.27. The Morgan fingerprint density at radius 1 is 1.03 bits per heavy atom. The van der Waals surface area contributed by atoms with E-state index in [-0.39, 0.29) is 28.4 Å². The van der Waals surface area contributed by atoms with E-state index in [1.54, 1.807) is 12.1 Å². The van der Waals surface area contributed by atoms with Gasteiger partial charge >= 0.3 is 0 Å². The van der Waals surface area contributed by atoms with Gasteiger partial charge in [-0.15, -0.1) is 0 Å². The van der Waals surface area contributed by atoms with Gasteiger partial charge in [-0.25, -0.2) is 8.42 Å². The fraction of sp³-hybridized carbons (Fsp3) is 0.174. The lowest BCUT2D eigenvalue weighted by atomic mass is 10.1. The number of nitrogens with one attached hydrogen (secondary N) is 1. The van der Waals surface area contributed by atoms with Gasteiger partial charge in [0, 0.05) is 17.1 Å². The van der Waals surface area contributed by atoms with Crippen LogP contribution in [0.25, 0.3) is 0 Å². The number of halogens is 1. The van der Waals surface area contributed by atoms with Gasteiger partial charge in [0.1, 0.15) is 0 Å². The Labute approximate surface area is 200 Å². The van der Waals surface area contributed by atoms with Crippen molar-refractivity contribution in [3.8, 4) is 0 Å². The zero-order valence-corrected chi connectivity index (χ0v) is 20.4. The fourth-order valence-corrected chi connectivity index (χ4v) is 4.83. The number of carbonyl (C=O) groups is 1. The van der Waals surface area contributed by atoms with Gasteiger partial charge in [-0.1, -0.05) is 51.8 Å². The summed E-state index contributed by atoms with van der Waals surface area (Å²) < 4.78 is 28.5. The van der Waals surface area contributed by atoms with Crippen LogP contribution in [0.5, 0.6) is 0 Å². The molecule has 1 amide bonds. The summed E-state index contributed by atoms with van der Waals surface area (Å²) in [6.07, 6.45) is 0. The summed E-state index contributed by atoms with van der Waals surface area (Å²) in [5, 5.41) is 13.8. The molecule has 0 radical (unpaired) electrons. The largest absolute Gasteiger partial charge is 0.324 e. The molecule has 33 heavy (non-hydrogen) atoms. The molecule has 0 saturated carbocycles. The highest BCUT2D eigenvalue weighted by atomic mass is 79.9. The Kier molecular flexibility index (Phi) is 7.62. The third-order valence-corrected chi connectivity index (χ3v) is 7.36. The van der Waals surface area contributed by atoms with E-state index in [9.17, 15) is 23.3 Å². The quantitative estimate of drug-likeness (QED) is 0.331. The van der Waals surface area contributed by atoms with E-state index in [1.807, 2.05) is 31.2 Å². The molecule has 0 bridgehead atoms. The first-order chi connectivity index (χ1) is 15.6. The number of nitrogens with zero attached hydrogens (tertiary/aromatic N) is 2. The molecule has 172 valence electrons. The second-order valence-electron chi connectivity index (χ2n) is 7.47. The van der Waals surface area contributed by atoms with E-state index < -0.39 is 27.4 Å². The van der Waals surface area contributed by atoms with E-state index in [2.05, 4.69) is 21.2 Å². The number of sulfonamides is 1. The van der Waals surface area contributed by atoms with Gasteiger partial charge in [-0.3, -0.25) is 14.9 Å². The minimum atomic E-state index is -4.00. The number of anilines is 1. The third-order valence-electron chi connectivity index (χ3n) is 5.03. The van der Waals surface area contributed by atoms with E-state index in [0.29, 0.717) is 0 Å². The maximum absolute atomic E-state index is 13.4. The summed E-state index contributed by atoms with van der Waals surface area (Å²) in [4.78, 5) is 23.5. The predicted molar refractivity (Wildman–Crippen MR) is 129 cm³/mol. The van der Waals surface area contributed by atoms with Crippen LogP contribution >= 0.6 is 15.9 Å². The zero-order chi connectivity index (χ0) is 24.2. The van der Waals surface area contributed by atoms with Crippen molar-refractivity contribution in [3.63, 3.8) is 0 Å². The molecule has 0 aliphatic carbocycles. The van der Waals surface area contributed by atoms with Crippen molar-refractivity contribution in [1.29, 1.82) is 0 Å². The van der Waals surface area contributed by atoms with Crippen molar-refractivity contribution >= 4 is 43.2 Å². The average molecular weight is 532 g/mol. The molecule has 0 saturated heterocycles. The molecule has 8 nitrogen and oxygen atoms in total. The van der Waals surface area contributed by atoms with Gasteiger partial charge in [0.05, 0.1) is 27.6 Å². The van der Waals surface area contributed by atoms with Crippen LogP contribution in [0.2, 0.25) is 0 Å². The van der Waals surface area contributed by atoms with Crippen molar-refractivity contribution in [2.24, 2.45) is 0 Å². The molecule has 0 atom stereocenters. The van der Waals surface area contributed by atoms with Gasteiger partial charge in [-0.2, -0.15) is 4.31 Å². The molecule has 0 spiro atoms. The smallest absolute Gasteiger partial charge is 0.274 e. The van der Waals surface area contributed by atoms with Gasteiger partial charge < -0.3 is 5.32 Å². The monoisotopic (exact) mass is 531 g/mol. The van der Waals surface area contributed by atoms with E-state index >= 15 is 0 Å². The first kappa shape index (κ1) is 24.6. The summed E-state index contributed by atoms with van der Waals surface area (Å²) >= 11 is 3.29. The normalized spacial score (nSPS) is 11.4. The van der Waals surface area contributed by atoms with Gasteiger partial charge in [0.2, 0.25) is 15.9 Å². The maximum Gasteiger partial charge on any atom is 0.274 e. The Bertz CT molecular complexity index is 1280. The topological polar surface area (TPSA) is 110 Å². The van der Waals surface area contributed by atoms with Crippen LogP contribution in [0.15, 0.2) is 76.1 Å². The lowest BCUT2D eigenvalue weighted by molar-refractivity contribution is -0.385. The first-order valence-corrected chi connectivity index (χ1v) is 12.2. The van der Waals surface area contributed by atoms with Crippen LogP contribution in [0.3, 0.4) is 0 Å². The molecule has 0 aromatic heterocycles. The Morgan fingerprint density at radius 2 is 1.67 bits per heavy atom. The van der Waals surface area contributed by atoms with Crippen molar-refractivity contribution in [2.45, 2.75) is 25.3 Å². The number of carbonyl (C=O) groups excluding carboxylic acids is 1. The molecule has 3 rings (SSSR count). The Hall–Kier alpha value is -3.08. The predicted octanol–water partition coefficient (Wildman–Crippen LogP) is 4.80. The summed E-state index contributed by atoms with van der Waals surface area (Å²) in [5.41, 5.74) is 2.16. The molecular weight excluding hydrogens is 510 g/mol. The maximum atomic E-state index is 13.4. The molecule has 3 aromatic carbocycles. The van der Waals surface area contributed by atoms with Crippen LogP contribution < -0.4 is 5.32 Å². The van der Waals surface area contributed by atoms with Crippen LogP contribution in [0, 0.1) is 24.0 Å². The van der Waals surface area contributed by atoms with Gasteiger partial charge in [0.25, 0.3) is 5.69 Å². The van der Waals surface area contributed by atoms with Crippen LogP contribution in [-0.4, -0.2) is 30.1 Å². The van der Waals surface area contributed by atoms with Gasteiger partial charge in [-0.05, 0) is 49.7 Å². The Morgan fingerprint density at radius 3 is 2.27 bits per heavy atom. The SMILES string of the molecule is Cc1ccc(CN(CC(=O)Nc2cccc([N+](=O)[O-])c2C)S(=O)(=O)c2ccc(Br)cc2)cc1. The van der Waals surface area contributed by atoms with E-state index in [0.717, 1.165) is 19.9 Å². The summed E-state index contributed by atoms with van der Waals surface area (Å²) in [7, 11) is -4.00. The molecule has 0 aliphatic heterocycles. The summed E-state index contributed by atoms with van der Waals surface area (Å²) in [6, 6.07) is 17.8. The fourth-order valence-electron chi connectivity index (χ4n) is 3.19. The third kappa shape index (κ3) is 6.04. The first-order valence-electron chi connectivity index (χ1n) is 9.93. The van der Waals surface area contributed by atoms with E-state index in [1.165, 1.54) is 37.3 Å². The molecule has 0 unspecified atom stereocenters. The number of aryl methyl sites for hydroxylation is 1. The molecular formula is C23H22BrN3O5S. The number of nitro groups is 1. The molecule has 0 fully saturated rings. The lowest BCUT2D eigenvalue weighted by Gasteiger charge is -2.22. The second-order valence-corrected chi connectivity index (χ2v) is 10.3. The second kappa shape index (κ2) is 10.2. The molecule has 1 N–H and O–H groups in total. The number of hydrogen-bond acceptors (Lipinski definition) is 5. The number of rotatable bonds is 8. The summed E-state index contributed by atoms with van der Waals surface area (Å²) in [6.45, 7) is 2.97. The van der Waals surface area contributed by atoms with E-state index in [4.69, 9.17) is 0 Å². The molecule has 3 aromatic rings. The average Bonchev–Trinajstić information content (AvgIpc) is 2.76. The van der Waals surface area contributed by atoms with Crippen molar-refractivity contribution in [1.82, 2.24) is 4.31 Å². The van der Waals surface area contributed by atoms with Crippen molar-refractivity contribution in [2.75, 3.05) is 11.9 Å². The zero-order valence-electron chi connectivity index (χ0n) is 18.0. The highest BCUT2D eigenvalue weighted by Crippen LogP contribution is 2.26. The van der Waals surface area contributed by atoms with Crippen LogP contribution in [0.1, 0.15) is 16.7 Å². The Balaban J connectivity index is 1.90. The molecule has 10 heteroatoms. The summed E-state index contributed by atoms with van der Waals surface area (Å²) in [5.74, 6) is -0.605. The standard InChI is InChI=1S/C23H22BrN3O5S/c1-16-6-8-18(9-7-16)14-26(33(31,32)20-12-10-19(24)11-13-20)15-23(28)25-21-4-3-5-22(17(21)2)27(29)30/h3-13H,14-15H2,1-2H3,(H,25,28). The lowest BCUT2D eigenvalue weighted by Crippen LogP contribution is -2.37. The van der Waals surface area contributed by atoms with Gasteiger partial charge in [0.15, 0.2) is 0 Å². The van der Waals surface area contributed by atoms with Crippen LogP contribution in [-0.2, 0) is 21.4 Å². The number of amides is 1. The van der Waals surface area contributed by atoms with Crippen molar-refractivity contribution < 1.29 is 18.1 Å². The highest BCUT2D eigenvalue weighted by molar-refractivity contribution is 9.10.